The summed E-state index contributed by atoms with van der Waals surface area (Å²) in [6, 6.07) is 3.71. The van der Waals surface area contributed by atoms with Crippen molar-refractivity contribution in [1.82, 2.24) is 4.98 Å². The van der Waals surface area contributed by atoms with Crippen LogP contribution in [0.25, 0.3) is 6.08 Å². The minimum atomic E-state index is 0.551. The van der Waals surface area contributed by atoms with Crippen LogP contribution in [0.5, 0.6) is 0 Å². The average molecular weight is 148 g/mol. The fourth-order valence-electron chi connectivity index (χ4n) is 1.04. The summed E-state index contributed by atoms with van der Waals surface area (Å²) >= 11 is 0. The van der Waals surface area contributed by atoms with Gasteiger partial charge in [0.2, 0.25) is 0 Å². The molecule has 56 valence electrons. The first-order chi connectivity index (χ1) is 5.36. The van der Waals surface area contributed by atoms with Gasteiger partial charge in [-0.2, -0.15) is 0 Å². The van der Waals surface area contributed by atoms with Gasteiger partial charge in [-0.05, 0) is 18.2 Å². The summed E-state index contributed by atoms with van der Waals surface area (Å²) in [4.78, 5) is 4.12. The summed E-state index contributed by atoms with van der Waals surface area (Å²) in [7, 11) is 0. The molecule has 0 unspecified atom stereocenters. The summed E-state index contributed by atoms with van der Waals surface area (Å²) in [5.74, 6) is 0.551. The zero-order valence-electron chi connectivity index (χ0n) is 5.95. The lowest BCUT2D eigenvalue weighted by Gasteiger charge is -2.09. The molecule has 0 aromatic carbocycles. The molecule has 3 nitrogen and oxygen atoms in total. The van der Waals surface area contributed by atoms with E-state index in [0.29, 0.717) is 12.4 Å². The number of anilines is 1. The number of nitrogen functional groups attached to an aromatic ring is 1. The Morgan fingerprint density at radius 1 is 1.45 bits per heavy atom. The van der Waals surface area contributed by atoms with E-state index in [1.807, 2.05) is 12.1 Å². The fraction of sp³-hybridized carbons (Fsp3) is 0.125. The first kappa shape index (κ1) is 6.22. The topological polar surface area (TPSA) is 48.1 Å². The van der Waals surface area contributed by atoms with Gasteiger partial charge >= 0.3 is 0 Å². The molecule has 1 aromatic heterocycles. The van der Waals surface area contributed by atoms with Crippen molar-refractivity contribution in [3.8, 4) is 0 Å². The summed E-state index contributed by atoms with van der Waals surface area (Å²) in [5.41, 5.74) is 7.49. The number of fused-ring (bicyclic) bond motifs is 1. The van der Waals surface area contributed by atoms with E-state index in [9.17, 15) is 0 Å². The smallest absolute Gasteiger partial charge is 0.124 e. The number of nitrogens with zero attached hydrogens (tertiary/aromatic N) is 1. The molecule has 0 atom stereocenters. The van der Waals surface area contributed by atoms with E-state index in [1.54, 1.807) is 12.3 Å². The molecule has 1 aliphatic rings. The Morgan fingerprint density at radius 3 is 3.27 bits per heavy atom. The average Bonchev–Trinajstić information content (AvgIpc) is 2.04. The molecule has 0 aliphatic carbocycles. The molecule has 0 bridgehead atoms. The second kappa shape index (κ2) is 2.27. The largest absolute Gasteiger partial charge is 0.496 e. The van der Waals surface area contributed by atoms with E-state index >= 15 is 0 Å². The van der Waals surface area contributed by atoms with Crippen LogP contribution in [0.15, 0.2) is 18.4 Å². The normalized spacial score (nSPS) is 13.8. The predicted molar refractivity (Wildman–Crippen MR) is 42.5 cm³/mol. The van der Waals surface area contributed by atoms with Crippen molar-refractivity contribution in [2.45, 2.75) is 6.61 Å². The van der Waals surface area contributed by atoms with Gasteiger partial charge in [0.15, 0.2) is 0 Å². The third kappa shape index (κ3) is 1.05. The van der Waals surface area contributed by atoms with Gasteiger partial charge in [0, 0.05) is 5.56 Å². The van der Waals surface area contributed by atoms with Gasteiger partial charge in [0.25, 0.3) is 0 Å². The van der Waals surface area contributed by atoms with E-state index < -0.39 is 0 Å². The number of hydrogen-bond donors (Lipinski definition) is 1. The van der Waals surface area contributed by atoms with Crippen molar-refractivity contribution in [1.29, 1.82) is 0 Å². The van der Waals surface area contributed by atoms with Gasteiger partial charge in [-0.3, -0.25) is 0 Å². The second-order valence-corrected chi connectivity index (χ2v) is 2.39. The van der Waals surface area contributed by atoms with Crippen LogP contribution in [0.1, 0.15) is 11.3 Å². The summed E-state index contributed by atoms with van der Waals surface area (Å²) in [6.45, 7) is 0.596. The Balaban J connectivity index is 2.54. The maximum Gasteiger partial charge on any atom is 0.124 e. The molecule has 0 amide bonds. The molecule has 3 heteroatoms. The van der Waals surface area contributed by atoms with Crippen LogP contribution in [0.2, 0.25) is 0 Å². The lowest BCUT2D eigenvalue weighted by Crippen LogP contribution is -2.01. The van der Waals surface area contributed by atoms with Crippen LogP contribution < -0.4 is 5.73 Å². The number of hydrogen-bond acceptors (Lipinski definition) is 3. The Kier molecular flexibility index (Phi) is 1.28. The van der Waals surface area contributed by atoms with Crippen LogP contribution in [-0.4, -0.2) is 4.98 Å². The minimum Gasteiger partial charge on any atom is -0.496 e. The van der Waals surface area contributed by atoms with Crippen molar-refractivity contribution in [2.75, 3.05) is 5.73 Å². The van der Waals surface area contributed by atoms with E-state index in [4.69, 9.17) is 10.5 Å². The molecule has 0 spiro atoms. The molecule has 2 heterocycles. The van der Waals surface area contributed by atoms with E-state index in [-0.39, 0.29) is 0 Å². The first-order valence-corrected chi connectivity index (χ1v) is 3.40. The van der Waals surface area contributed by atoms with Crippen molar-refractivity contribution in [2.24, 2.45) is 0 Å². The first-order valence-electron chi connectivity index (χ1n) is 3.40. The molecule has 2 rings (SSSR count). The van der Waals surface area contributed by atoms with Crippen molar-refractivity contribution >= 4 is 11.9 Å². The highest BCUT2D eigenvalue weighted by Crippen LogP contribution is 2.15. The summed E-state index contributed by atoms with van der Waals surface area (Å²) in [5, 5.41) is 0. The Morgan fingerprint density at radius 2 is 2.36 bits per heavy atom. The maximum absolute atomic E-state index is 5.50. The molecule has 1 aromatic rings. The molecule has 0 saturated carbocycles. The van der Waals surface area contributed by atoms with Gasteiger partial charge in [0.1, 0.15) is 12.4 Å². The third-order valence-corrected chi connectivity index (χ3v) is 1.59. The lowest BCUT2D eigenvalue weighted by molar-refractivity contribution is 0.234. The molecular formula is C8H8N2O. The van der Waals surface area contributed by atoms with Crippen molar-refractivity contribution in [3.05, 3.63) is 29.7 Å². The predicted octanol–water partition coefficient (Wildman–Crippen LogP) is 1.16. The van der Waals surface area contributed by atoms with E-state index in [2.05, 4.69) is 4.98 Å². The monoisotopic (exact) mass is 148 g/mol. The van der Waals surface area contributed by atoms with Gasteiger partial charge in [-0.15, -0.1) is 0 Å². The fourth-order valence-corrected chi connectivity index (χ4v) is 1.04. The molecule has 0 radical (unpaired) electrons. The van der Waals surface area contributed by atoms with E-state index in [1.165, 1.54) is 0 Å². The quantitative estimate of drug-likeness (QED) is 0.600. The van der Waals surface area contributed by atoms with E-state index in [0.717, 1.165) is 11.3 Å². The van der Waals surface area contributed by atoms with Crippen LogP contribution in [-0.2, 0) is 11.3 Å². The summed E-state index contributed by atoms with van der Waals surface area (Å²) in [6.07, 6.45) is 3.45. The zero-order chi connectivity index (χ0) is 7.68. The van der Waals surface area contributed by atoms with Crippen LogP contribution in [0, 0.1) is 0 Å². The molecule has 2 N–H and O–H groups in total. The highest BCUT2D eigenvalue weighted by Gasteiger charge is 2.05. The van der Waals surface area contributed by atoms with Crippen molar-refractivity contribution < 1.29 is 4.74 Å². The summed E-state index contributed by atoms with van der Waals surface area (Å²) < 4.78 is 5.07. The number of pyridine rings is 1. The zero-order valence-corrected chi connectivity index (χ0v) is 5.95. The number of nitrogens with two attached hydrogens (primary N) is 1. The molecule has 1 aliphatic heterocycles. The lowest BCUT2D eigenvalue weighted by atomic mass is 10.2. The molecular weight excluding hydrogens is 140 g/mol. The third-order valence-electron chi connectivity index (χ3n) is 1.59. The van der Waals surface area contributed by atoms with Crippen LogP contribution in [0.4, 0.5) is 5.82 Å². The Bertz CT molecular complexity index is 307. The molecule has 0 saturated heterocycles. The van der Waals surface area contributed by atoms with Gasteiger partial charge in [0.05, 0.1) is 12.0 Å². The van der Waals surface area contributed by atoms with Crippen LogP contribution in [0.3, 0.4) is 0 Å². The van der Waals surface area contributed by atoms with Gasteiger partial charge in [-0.25, -0.2) is 4.98 Å². The van der Waals surface area contributed by atoms with Crippen molar-refractivity contribution in [3.63, 3.8) is 0 Å². The standard InChI is InChI=1S/C8H8N2O/c9-8-2-1-6-5-11-4-3-7(6)10-8/h1-4H,5H2,(H2,9,10). The highest BCUT2D eigenvalue weighted by molar-refractivity contribution is 5.52. The number of ether oxygens (including phenoxy) is 1. The minimum absolute atomic E-state index is 0.551. The van der Waals surface area contributed by atoms with Gasteiger partial charge < -0.3 is 10.5 Å². The number of aromatic nitrogens is 1. The van der Waals surface area contributed by atoms with Crippen LogP contribution >= 0.6 is 0 Å². The molecule has 0 fully saturated rings. The molecule has 11 heavy (non-hydrogen) atoms. The van der Waals surface area contributed by atoms with Gasteiger partial charge in [-0.1, -0.05) is 0 Å². The Labute approximate surface area is 64.5 Å². The highest BCUT2D eigenvalue weighted by atomic mass is 16.5. The Hall–Kier alpha value is -1.51. The second-order valence-electron chi connectivity index (χ2n) is 2.39. The maximum atomic E-state index is 5.50. The SMILES string of the molecule is Nc1ccc2c(n1)C=COC2. The number of rotatable bonds is 0.